The zero-order valence-electron chi connectivity index (χ0n) is 15.0. The molecule has 0 aliphatic heterocycles. The van der Waals surface area contributed by atoms with Gasteiger partial charge in [0.1, 0.15) is 6.61 Å². The first-order valence-corrected chi connectivity index (χ1v) is 9.86. The van der Waals surface area contributed by atoms with Gasteiger partial charge in [-0.05, 0) is 42.7 Å². The van der Waals surface area contributed by atoms with Crippen molar-refractivity contribution in [1.82, 2.24) is 5.32 Å². The van der Waals surface area contributed by atoms with Gasteiger partial charge in [-0.3, -0.25) is 0 Å². The van der Waals surface area contributed by atoms with Gasteiger partial charge in [0.15, 0.2) is 11.5 Å². The van der Waals surface area contributed by atoms with Gasteiger partial charge in [0.25, 0.3) is 0 Å². The summed E-state index contributed by atoms with van der Waals surface area (Å²) in [5.74, 6) is 1.13. The predicted octanol–water partition coefficient (Wildman–Crippen LogP) is 3.27. The molecule has 3 nitrogen and oxygen atoms in total. The molecular formula is C20H22Cl4NO2-. The van der Waals surface area contributed by atoms with Crippen LogP contribution in [0.25, 0.3) is 0 Å². The molecule has 0 radical (unpaired) electrons. The summed E-state index contributed by atoms with van der Waals surface area (Å²) in [7, 11) is 1.61. The molecule has 0 amide bonds. The average Bonchev–Trinajstić information content (AvgIpc) is 3.13. The van der Waals surface area contributed by atoms with Crippen molar-refractivity contribution in [3.8, 4) is 11.5 Å². The molecule has 0 saturated heterocycles. The van der Waals surface area contributed by atoms with Crippen molar-refractivity contribution in [3.63, 3.8) is 0 Å². The summed E-state index contributed by atoms with van der Waals surface area (Å²) >= 11 is 18.6. The molecule has 148 valence electrons. The quantitative estimate of drug-likeness (QED) is 0.703. The molecule has 0 unspecified atom stereocenters. The van der Waals surface area contributed by atoms with Crippen LogP contribution in [0.3, 0.4) is 0 Å². The summed E-state index contributed by atoms with van der Waals surface area (Å²) in [4.78, 5) is 0. The Morgan fingerprint density at radius 1 is 1.04 bits per heavy atom. The van der Waals surface area contributed by atoms with Gasteiger partial charge in [0, 0.05) is 28.2 Å². The van der Waals surface area contributed by atoms with Gasteiger partial charge in [-0.1, -0.05) is 53.7 Å². The first-order chi connectivity index (χ1) is 12.6. The van der Waals surface area contributed by atoms with E-state index >= 15 is 0 Å². The molecule has 27 heavy (non-hydrogen) atoms. The molecule has 1 saturated carbocycles. The zero-order valence-corrected chi connectivity index (χ0v) is 18.1. The summed E-state index contributed by atoms with van der Waals surface area (Å²) in [5, 5.41) is 5.26. The van der Waals surface area contributed by atoms with E-state index in [2.05, 4.69) is 5.32 Å². The molecule has 0 spiro atoms. The van der Waals surface area contributed by atoms with Gasteiger partial charge in [0.05, 0.1) is 12.1 Å². The van der Waals surface area contributed by atoms with E-state index in [4.69, 9.17) is 44.3 Å². The molecule has 2 aromatic carbocycles. The number of nitrogens with one attached hydrogen (secondary N) is 1. The van der Waals surface area contributed by atoms with Crippen molar-refractivity contribution >= 4 is 34.8 Å². The fourth-order valence-corrected chi connectivity index (χ4v) is 3.95. The average molecular weight is 450 g/mol. The van der Waals surface area contributed by atoms with Crippen molar-refractivity contribution < 1.29 is 21.9 Å². The Labute approximate surface area is 181 Å². The van der Waals surface area contributed by atoms with Crippen LogP contribution in [0.15, 0.2) is 30.3 Å². The third-order valence-corrected chi connectivity index (χ3v) is 5.49. The van der Waals surface area contributed by atoms with Crippen LogP contribution in [-0.2, 0) is 13.2 Å². The maximum Gasteiger partial charge on any atom is 0.180 e. The summed E-state index contributed by atoms with van der Waals surface area (Å²) < 4.78 is 11.4. The Morgan fingerprint density at radius 3 is 2.44 bits per heavy atom. The maximum absolute atomic E-state index is 6.45. The van der Waals surface area contributed by atoms with Crippen LogP contribution in [0.2, 0.25) is 15.1 Å². The highest BCUT2D eigenvalue weighted by Crippen LogP contribution is 2.37. The van der Waals surface area contributed by atoms with Crippen LogP contribution in [0.4, 0.5) is 0 Å². The number of ether oxygens (including phenoxy) is 2. The minimum Gasteiger partial charge on any atom is -1.00 e. The Balaban J connectivity index is 0.00000261. The van der Waals surface area contributed by atoms with E-state index in [1.54, 1.807) is 19.2 Å². The number of rotatable bonds is 7. The minimum absolute atomic E-state index is 0. The molecule has 1 aliphatic rings. The SMILES string of the molecule is COc1cc(CNC2CCCC2)cc(Cl)c1OCc1ccc(Cl)cc1Cl.[Cl-]. The van der Waals surface area contributed by atoms with Crippen LogP contribution >= 0.6 is 34.8 Å². The molecule has 0 atom stereocenters. The lowest BCUT2D eigenvalue weighted by molar-refractivity contribution is -0.00000564. The molecule has 1 aliphatic carbocycles. The molecule has 0 bridgehead atoms. The highest BCUT2D eigenvalue weighted by atomic mass is 35.5. The Bertz CT molecular complexity index is 764. The summed E-state index contributed by atoms with van der Waals surface area (Å²) in [6, 6.07) is 9.80. The lowest BCUT2D eigenvalue weighted by atomic mass is 10.1. The van der Waals surface area contributed by atoms with Crippen LogP contribution in [0.1, 0.15) is 36.8 Å². The highest BCUT2D eigenvalue weighted by molar-refractivity contribution is 6.35. The van der Waals surface area contributed by atoms with E-state index in [1.165, 1.54) is 25.7 Å². The molecule has 0 heterocycles. The molecule has 1 N–H and O–H groups in total. The largest absolute Gasteiger partial charge is 1.00 e. The minimum atomic E-state index is 0. The van der Waals surface area contributed by atoms with Crippen molar-refractivity contribution in [2.24, 2.45) is 0 Å². The second-order valence-corrected chi connectivity index (χ2v) is 7.75. The molecule has 7 heteroatoms. The molecular weight excluding hydrogens is 428 g/mol. The van der Waals surface area contributed by atoms with Crippen LogP contribution in [-0.4, -0.2) is 13.2 Å². The third-order valence-electron chi connectivity index (χ3n) is 4.63. The van der Waals surface area contributed by atoms with Gasteiger partial charge < -0.3 is 27.2 Å². The van der Waals surface area contributed by atoms with E-state index in [-0.39, 0.29) is 19.0 Å². The first-order valence-electron chi connectivity index (χ1n) is 8.73. The van der Waals surface area contributed by atoms with Gasteiger partial charge in [-0.15, -0.1) is 0 Å². The summed E-state index contributed by atoms with van der Waals surface area (Å²) in [6.45, 7) is 1.05. The lowest BCUT2D eigenvalue weighted by Crippen LogP contribution is -3.00. The van der Waals surface area contributed by atoms with Gasteiger partial charge in [-0.2, -0.15) is 0 Å². The van der Waals surface area contributed by atoms with Crippen molar-refractivity contribution in [3.05, 3.63) is 56.5 Å². The lowest BCUT2D eigenvalue weighted by Gasteiger charge is -2.16. The Morgan fingerprint density at radius 2 is 1.78 bits per heavy atom. The summed E-state index contributed by atoms with van der Waals surface area (Å²) in [6.07, 6.45) is 5.10. The van der Waals surface area contributed by atoms with E-state index in [0.717, 1.165) is 17.7 Å². The fraction of sp³-hybridized carbons (Fsp3) is 0.400. The predicted molar refractivity (Wildman–Crippen MR) is 108 cm³/mol. The highest BCUT2D eigenvalue weighted by Gasteiger charge is 2.16. The number of halogens is 4. The molecule has 3 rings (SSSR count). The van der Waals surface area contributed by atoms with E-state index in [1.807, 2.05) is 18.2 Å². The molecule has 0 aromatic heterocycles. The number of methoxy groups -OCH3 is 1. The van der Waals surface area contributed by atoms with Gasteiger partial charge in [-0.25, -0.2) is 0 Å². The fourth-order valence-electron chi connectivity index (χ4n) is 3.20. The maximum atomic E-state index is 6.45. The monoisotopic (exact) mass is 448 g/mol. The van der Waals surface area contributed by atoms with Gasteiger partial charge >= 0.3 is 0 Å². The van der Waals surface area contributed by atoms with Crippen LogP contribution in [0, 0.1) is 0 Å². The Kier molecular flexibility index (Phi) is 8.84. The van der Waals surface area contributed by atoms with E-state index in [9.17, 15) is 0 Å². The smallest absolute Gasteiger partial charge is 0.180 e. The third kappa shape index (κ3) is 6.07. The van der Waals surface area contributed by atoms with Crippen molar-refractivity contribution in [1.29, 1.82) is 0 Å². The number of hydrogen-bond acceptors (Lipinski definition) is 3. The number of hydrogen-bond donors (Lipinski definition) is 1. The number of benzene rings is 2. The molecule has 1 fully saturated rings. The second kappa shape index (κ2) is 10.6. The Hall–Kier alpha value is -0.840. The first kappa shape index (κ1) is 22.4. The topological polar surface area (TPSA) is 30.5 Å². The zero-order chi connectivity index (χ0) is 18.5. The van der Waals surface area contributed by atoms with Crippen molar-refractivity contribution in [2.75, 3.05) is 7.11 Å². The van der Waals surface area contributed by atoms with Gasteiger partial charge in [0.2, 0.25) is 0 Å². The molecule has 2 aromatic rings. The summed E-state index contributed by atoms with van der Waals surface area (Å²) in [5.41, 5.74) is 1.91. The standard InChI is InChI=1S/C20H22Cl3NO2.ClH/c1-25-19-9-13(11-24-16-4-2-3-5-16)8-18(23)20(19)26-12-14-6-7-15(21)10-17(14)22;/h6-10,16,24H,2-5,11-12H2,1H3;1H/p-1. The second-order valence-electron chi connectivity index (χ2n) is 6.50. The van der Waals surface area contributed by atoms with Crippen molar-refractivity contribution in [2.45, 2.75) is 44.9 Å². The van der Waals surface area contributed by atoms with Crippen LogP contribution in [0.5, 0.6) is 11.5 Å². The van der Waals surface area contributed by atoms with Crippen LogP contribution < -0.4 is 27.2 Å². The normalized spacial score (nSPS) is 14.1. The van der Waals surface area contributed by atoms with E-state index < -0.39 is 0 Å². The van der Waals surface area contributed by atoms with E-state index in [0.29, 0.717) is 32.6 Å².